The Morgan fingerprint density at radius 2 is 2.13 bits per heavy atom. The molecule has 0 aromatic carbocycles. The molecular formula is C10H21NO4. The lowest BCUT2D eigenvalue weighted by molar-refractivity contribution is -0.0127. The molecule has 0 heterocycles. The van der Waals surface area contributed by atoms with Gasteiger partial charge in [-0.25, -0.2) is 4.79 Å². The van der Waals surface area contributed by atoms with Gasteiger partial charge in [-0.2, -0.15) is 0 Å². The van der Waals surface area contributed by atoms with Gasteiger partial charge in [-0.15, -0.1) is 0 Å². The lowest BCUT2D eigenvalue weighted by atomic mass is 10.0. The number of hydrogen-bond acceptors (Lipinski definition) is 4. The van der Waals surface area contributed by atoms with Gasteiger partial charge in [0.2, 0.25) is 0 Å². The molecule has 1 unspecified atom stereocenters. The summed E-state index contributed by atoms with van der Waals surface area (Å²) in [5, 5.41) is 8.51. The highest BCUT2D eigenvalue weighted by Gasteiger charge is 2.26. The van der Waals surface area contributed by atoms with Crippen molar-refractivity contribution < 1.29 is 19.4 Å². The van der Waals surface area contributed by atoms with E-state index in [1.54, 1.807) is 6.92 Å². The molecule has 90 valence electrons. The fourth-order valence-electron chi connectivity index (χ4n) is 1.20. The zero-order chi connectivity index (χ0) is 11.7. The summed E-state index contributed by atoms with van der Waals surface area (Å²) in [5.41, 5.74) is 4.68. The van der Waals surface area contributed by atoms with Crippen molar-refractivity contribution in [3.63, 3.8) is 0 Å². The second-order valence-electron chi connectivity index (χ2n) is 3.74. The van der Waals surface area contributed by atoms with Gasteiger partial charge in [0.15, 0.2) is 0 Å². The quantitative estimate of drug-likeness (QED) is 0.478. The maximum atomic E-state index is 10.4. The normalized spacial score (nSPS) is 14.6. The lowest BCUT2D eigenvalue weighted by Gasteiger charge is -2.26. The van der Waals surface area contributed by atoms with Gasteiger partial charge >= 0.3 is 6.16 Å². The van der Waals surface area contributed by atoms with Crippen molar-refractivity contribution in [2.24, 2.45) is 5.73 Å². The van der Waals surface area contributed by atoms with Crippen LogP contribution in [-0.4, -0.2) is 36.6 Å². The monoisotopic (exact) mass is 219 g/mol. The van der Waals surface area contributed by atoms with Crippen molar-refractivity contribution in [2.75, 3.05) is 19.8 Å². The van der Waals surface area contributed by atoms with E-state index in [1.807, 2.05) is 6.92 Å². The largest absolute Gasteiger partial charge is 0.506 e. The van der Waals surface area contributed by atoms with Crippen LogP contribution in [0.3, 0.4) is 0 Å². The van der Waals surface area contributed by atoms with Crippen LogP contribution in [0.2, 0.25) is 0 Å². The molecule has 0 radical (unpaired) electrons. The molecule has 0 aliphatic heterocycles. The van der Waals surface area contributed by atoms with E-state index in [0.29, 0.717) is 13.0 Å². The van der Waals surface area contributed by atoms with Gasteiger partial charge in [0.1, 0.15) is 5.60 Å². The molecule has 3 N–H and O–H groups in total. The van der Waals surface area contributed by atoms with Crippen LogP contribution >= 0.6 is 0 Å². The summed E-state index contributed by atoms with van der Waals surface area (Å²) in [6.45, 7) is 5.27. The van der Waals surface area contributed by atoms with Gasteiger partial charge in [0, 0.05) is 19.8 Å². The highest BCUT2D eigenvalue weighted by molar-refractivity contribution is 5.57. The minimum Gasteiger partial charge on any atom is -0.450 e. The van der Waals surface area contributed by atoms with Crippen LogP contribution in [0.25, 0.3) is 0 Å². The molecule has 0 bridgehead atoms. The van der Waals surface area contributed by atoms with Crippen LogP contribution in [0.5, 0.6) is 0 Å². The first-order valence-electron chi connectivity index (χ1n) is 5.24. The summed E-state index contributed by atoms with van der Waals surface area (Å²) in [6, 6.07) is 0. The highest BCUT2D eigenvalue weighted by atomic mass is 16.7. The van der Waals surface area contributed by atoms with E-state index in [9.17, 15) is 4.79 Å². The standard InChI is InChI=1S/C10H21NO4/c1-3-6-14-7-4-5-10(2,8-11)15-9(12)13/h3-8,11H2,1-2H3,(H,12,13). The van der Waals surface area contributed by atoms with E-state index in [1.165, 1.54) is 0 Å². The number of hydrogen-bond donors (Lipinski definition) is 2. The number of ether oxygens (including phenoxy) is 2. The van der Waals surface area contributed by atoms with Crippen LogP contribution in [0.15, 0.2) is 0 Å². The van der Waals surface area contributed by atoms with E-state index in [4.69, 9.17) is 20.3 Å². The summed E-state index contributed by atoms with van der Waals surface area (Å²) in [6.07, 6.45) is 1.04. The Kier molecular flexibility index (Phi) is 7.07. The zero-order valence-electron chi connectivity index (χ0n) is 9.49. The van der Waals surface area contributed by atoms with Crippen LogP contribution in [-0.2, 0) is 9.47 Å². The van der Waals surface area contributed by atoms with Crippen LogP contribution < -0.4 is 5.73 Å². The molecule has 0 saturated carbocycles. The van der Waals surface area contributed by atoms with Crippen molar-refractivity contribution in [1.29, 1.82) is 0 Å². The topological polar surface area (TPSA) is 81.8 Å². The first kappa shape index (κ1) is 14.2. The molecule has 1 atom stereocenters. The lowest BCUT2D eigenvalue weighted by Crippen LogP contribution is -2.39. The first-order chi connectivity index (χ1) is 7.04. The summed E-state index contributed by atoms with van der Waals surface area (Å²) in [7, 11) is 0. The molecule has 5 nitrogen and oxygen atoms in total. The fraction of sp³-hybridized carbons (Fsp3) is 0.900. The summed E-state index contributed by atoms with van der Waals surface area (Å²) in [5.74, 6) is 0. The summed E-state index contributed by atoms with van der Waals surface area (Å²) >= 11 is 0. The zero-order valence-corrected chi connectivity index (χ0v) is 9.49. The number of carbonyl (C=O) groups is 1. The smallest absolute Gasteiger partial charge is 0.450 e. The molecule has 0 amide bonds. The third-order valence-electron chi connectivity index (χ3n) is 2.11. The molecule has 0 aliphatic rings. The number of rotatable bonds is 8. The second-order valence-corrected chi connectivity index (χ2v) is 3.74. The molecule has 0 aliphatic carbocycles. The molecule has 0 aromatic heterocycles. The Labute approximate surface area is 90.5 Å². The molecule has 15 heavy (non-hydrogen) atoms. The molecule has 0 spiro atoms. The SMILES string of the molecule is CCCOCCCC(C)(CN)OC(=O)O. The predicted molar refractivity (Wildman–Crippen MR) is 56.9 cm³/mol. The minimum absolute atomic E-state index is 0.188. The Morgan fingerprint density at radius 1 is 1.47 bits per heavy atom. The Hall–Kier alpha value is -0.810. The number of carboxylic acid groups (broad SMARTS) is 1. The average molecular weight is 219 g/mol. The second kappa shape index (κ2) is 7.48. The van der Waals surface area contributed by atoms with Gasteiger partial charge in [-0.1, -0.05) is 6.92 Å². The summed E-state index contributed by atoms with van der Waals surface area (Å²) < 4.78 is 10.0. The Balaban J connectivity index is 3.73. The summed E-state index contributed by atoms with van der Waals surface area (Å²) in [4.78, 5) is 10.4. The Bertz CT molecular complexity index is 186. The third kappa shape index (κ3) is 7.16. The first-order valence-corrected chi connectivity index (χ1v) is 5.24. The van der Waals surface area contributed by atoms with Gasteiger partial charge in [0.05, 0.1) is 0 Å². The van der Waals surface area contributed by atoms with Gasteiger partial charge in [0.25, 0.3) is 0 Å². The van der Waals surface area contributed by atoms with E-state index in [2.05, 4.69) is 0 Å². The minimum atomic E-state index is -1.28. The number of nitrogens with two attached hydrogens (primary N) is 1. The molecule has 0 saturated heterocycles. The van der Waals surface area contributed by atoms with Crippen molar-refractivity contribution in [3.8, 4) is 0 Å². The molecule has 0 rings (SSSR count). The van der Waals surface area contributed by atoms with Gasteiger partial charge < -0.3 is 20.3 Å². The highest BCUT2D eigenvalue weighted by Crippen LogP contribution is 2.16. The van der Waals surface area contributed by atoms with Crippen molar-refractivity contribution in [2.45, 2.75) is 38.7 Å². The van der Waals surface area contributed by atoms with Gasteiger partial charge in [-0.05, 0) is 26.2 Å². The van der Waals surface area contributed by atoms with Crippen LogP contribution in [0.1, 0.15) is 33.1 Å². The van der Waals surface area contributed by atoms with E-state index in [-0.39, 0.29) is 6.54 Å². The van der Waals surface area contributed by atoms with Crippen molar-refractivity contribution >= 4 is 6.16 Å². The van der Waals surface area contributed by atoms with E-state index in [0.717, 1.165) is 19.4 Å². The maximum Gasteiger partial charge on any atom is 0.506 e. The van der Waals surface area contributed by atoms with Crippen molar-refractivity contribution in [3.05, 3.63) is 0 Å². The maximum absolute atomic E-state index is 10.4. The van der Waals surface area contributed by atoms with Crippen molar-refractivity contribution in [1.82, 2.24) is 0 Å². The van der Waals surface area contributed by atoms with Crippen LogP contribution in [0, 0.1) is 0 Å². The molecule has 0 aromatic rings. The molecule has 5 heteroatoms. The van der Waals surface area contributed by atoms with Gasteiger partial charge in [-0.3, -0.25) is 0 Å². The Morgan fingerprint density at radius 3 is 2.60 bits per heavy atom. The fourth-order valence-corrected chi connectivity index (χ4v) is 1.20. The average Bonchev–Trinajstić information content (AvgIpc) is 2.16. The predicted octanol–water partition coefficient (Wildman–Crippen LogP) is 1.61. The van der Waals surface area contributed by atoms with E-state index < -0.39 is 11.8 Å². The molecule has 0 fully saturated rings. The molecular weight excluding hydrogens is 198 g/mol. The third-order valence-corrected chi connectivity index (χ3v) is 2.11. The van der Waals surface area contributed by atoms with E-state index >= 15 is 0 Å². The van der Waals surface area contributed by atoms with Crippen LogP contribution in [0.4, 0.5) is 4.79 Å².